The fraction of sp³-hybridized carbons (Fsp3) is 0.429. The van der Waals surface area contributed by atoms with Gasteiger partial charge in [0.2, 0.25) is 0 Å². The molecule has 20 heavy (non-hydrogen) atoms. The molecule has 1 aliphatic heterocycles. The van der Waals surface area contributed by atoms with Crippen molar-refractivity contribution < 1.29 is 14.7 Å². The third kappa shape index (κ3) is 3.12. The number of carbonyl (C=O) groups excluding carboxylic acids is 1. The van der Waals surface area contributed by atoms with Crippen molar-refractivity contribution in [3.8, 4) is 0 Å². The Labute approximate surface area is 126 Å². The predicted molar refractivity (Wildman–Crippen MR) is 79.9 cm³/mol. The van der Waals surface area contributed by atoms with E-state index in [4.69, 9.17) is 5.11 Å². The number of carbonyl (C=O) groups is 2. The molecular formula is C14H17BrN2O3. The third-order valence-electron chi connectivity index (χ3n) is 3.49. The largest absolute Gasteiger partial charge is 0.480 e. The Kier molecular flexibility index (Phi) is 4.65. The Bertz CT molecular complexity index is 533. The van der Waals surface area contributed by atoms with Gasteiger partial charge in [-0.2, -0.15) is 0 Å². The zero-order chi connectivity index (χ0) is 14.7. The first-order valence-electron chi connectivity index (χ1n) is 6.61. The Morgan fingerprint density at radius 2 is 2.25 bits per heavy atom. The van der Waals surface area contributed by atoms with E-state index in [2.05, 4.69) is 21.2 Å². The predicted octanol–water partition coefficient (Wildman–Crippen LogP) is 3.09. The van der Waals surface area contributed by atoms with Crippen molar-refractivity contribution in [1.82, 2.24) is 4.90 Å². The smallest absolute Gasteiger partial charge is 0.326 e. The van der Waals surface area contributed by atoms with Gasteiger partial charge in [0.15, 0.2) is 0 Å². The van der Waals surface area contributed by atoms with E-state index in [-0.39, 0.29) is 6.03 Å². The first kappa shape index (κ1) is 14.8. The molecule has 108 valence electrons. The van der Waals surface area contributed by atoms with Crippen LogP contribution in [0.15, 0.2) is 22.7 Å². The van der Waals surface area contributed by atoms with Crippen molar-refractivity contribution in [3.05, 3.63) is 28.2 Å². The molecule has 0 unspecified atom stereocenters. The van der Waals surface area contributed by atoms with Crippen molar-refractivity contribution >= 4 is 33.6 Å². The van der Waals surface area contributed by atoms with Crippen LogP contribution in [0.2, 0.25) is 0 Å². The van der Waals surface area contributed by atoms with Gasteiger partial charge in [-0.15, -0.1) is 0 Å². The van der Waals surface area contributed by atoms with E-state index >= 15 is 0 Å². The number of aliphatic carboxylic acids is 1. The number of carboxylic acids is 1. The van der Waals surface area contributed by atoms with E-state index < -0.39 is 12.0 Å². The summed E-state index contributed by atoms with van der Waals surface area (Å²) < 4.78 is 0.955. The summed E-state index contributed by atoms with van der Waals surface area (Å²) in [6, 6.07) is 4.58. The molecular weight excluding hydrogens is 324 g/mol. The molecule has 5 nitrogen and oxygen atoms in total. The van der Waals surface area contributed by atoms with Gasteiger partial charge in [0, 0.05) is 16.7 Å². The Hall–Kier alpha value is -1.56. The lowest BCUT2D eigenvalue weighted by molar-refractivity contribution is -0.141. The molecule has 1 saturated heterocycles. The monoisotopic (exact) mass is 340 g/mol. The number of benzene rings is 1. The van der Waals surface area contributed by atoms with Crippen LogP contribution in [0.25, 0.3) is 0 Å². The zero-order valence-electron chi connectivity index (χ0n) is 11.2. The molecule has 0 radical (unpaired) electrons. The maximum absolute atomic E-state index is 12.2. The SMILES string of the molecule is CCc1cc(Br)ccc1NC(=O)N1CCC[C@H]1C(=O)O. The molecule has 1 aliphatic rings. The number of hydrogen-bond donors (Lipinski definition) is 2. The summed E-state index contributed by atoms with van der Waals surface area (Å²) in [4.78, 5) is 24.7. The molecule has 0 aliphatic carbocycles. The van der Waals surface area contributed by atoms with Gasteiger partial charge < -0.3 is 15.3 Å². The first-order valence-corrected chi connectivity index (χ1v) is 7.41. The highest BCUT2D eigenvalue weighted by atomic mass is 79.9. The lowest BCUT2D eigenvalue weighted by atomic mass is 10.1. The molecule has 1 aromatic carbocycles. The van der Waals surface area contributed by atoms with E-state index in [9.17, 15) is 9.59 Å². The average molecular weight is 341 g/mol. The normalized spacial score (nSPS) is 18.1. The summed E-state index contributed by atoms with van der Waals surface area (Å²) >= 11 is 3.40. The molecule has 2 amide bonds. The van der Waals surface area contributed by atoms with Gasteiger partial charge in [-0.3, -0.25) is 0 Å². The van der Waals surface area contributed by atoms with Crippen LogP contribution in [0.1, 0.15) is 25.3 Å². The van der Waals surface area contributed by atoms with Crippen LogP contribution in [0.5, 0.6) is 0 Å². The number of nitrogens with one attached hydrogen (secondary N) is 1. The zero-order valence-corrected chi connectivity index (χ0v) is 12.8. The van der Waals surface area contributed by atoms with Gasteiger partial charge >= 0.3 is 12.0 Å². The highest BCUT2D eigenvalue weighted by Gasteiger charge is 2.34. The minimum Gasteiger partial charge on any atom is -0.480 e. The first-order chi connectivity index (χ1) is 9.52. The van der Waals surface area contributed by atoms with Crippen molar-refractivity contribution in [2.75, 3.05) is 11.9 Å². The van der Waals surface area contributed by atoms with Gasteiger partial charge in [0.25, 0.3) is 0 Å². The van der Waals surface area contributed by atoms with Crippen LogP contribution in [0.4, 0.5) is 10.5 Å². The van der Waals surface area contributed by atoms with Gasteiger partial charge in [-0.05, 0) is 43.0 Å². The number of rotatable bonds is 3. The molecule has 0 spiro atoms. The van der Waals surface area contributed by atoms with E-state index in [0.717, 1.165) is 28.6 Å². The summed E-state index contributed by atoms with van der Waals surface area (Å²) in [5, 5.41) is 11.9. The van der Waals surface area contributed by atoms with Gasteiger partial charge in [0.1, 0.15) is 6.04 Å². The number of urea groups is 1. The number of likely N-dealkylation sites (tertiary alicyclic amines) is 1. The molecule has 1 aromatic rings. The van der Waals surface area contributed by atoms with E-state index in [1.54, 1.807) is 0 Å². The number of hydrogen-bond acceptors (Lipinski definition) is 2. The second-order valence-corrected chi connectivity index (χ2v) is 5.69. The topological polar surface area (TPSA) is 69.6 Å². The molecule has 2 N–H and O–H groups in total. The van der Waals surface area contributed by atoms with Crippen LogP contribution in [0.3, 0.4) is 0 Å². The quantitative estimate of drug-likeness (QED) is 0.888. The Balaban J connectivity index is 2.13. The van der Waals surface area contributed by atoms with Gasteiger partial charge in [0.05, 0.1) is 0 Å². The third-order valence-corrected chi connectivity index (χ3v) is 3.98. The van der Waals surface area contributed by atoms with Crippen molar-refractivity contribution in [2.45, 2.75) is 32.2 Å². The molecule has 1 atom stereocenters. The molecule has 1 heterocycles. The molecule has 1 fully saturated rings. The van der Waals surface area contributed by atoms with Crippen LogP contribution in [0, 0.1) is 0 Å². The summed E-state index contributed by atoms with van der Waals surface area (Å²) in [5.74, 6) is -0.941. The van der Waals surface area contributed by atoms with Crippen LogP contribution >= 0.6 is 15.9 Å². The fourth-order valence-electron chi connectivity index (χ4n) is 2.43. The van der Waals surface area contributed by atoms with E-state index in [1.165, 1.54) is 4.90 Å². The highest BCUT2D eigenvalue weighted by molar-refractivity contribution is 9.10. The van der Waals surface area contributed by atoms with Gasteiger partial charge in [-0.1, -0.05) is 22.9 Å². The standard InChI is InChI=1S/C14H17BrN2O3/c1-2-9-8-10(15)5-6-11(9)16-14(20)17-7-3-4-12(17)13(18)19/h5-6,8,12H,2-4,7H2,1H3,(H,16,20)(H,18,19)/t12-/m0/s1. The van der Waals surface area contributed by atoms with Crippen LogP contribution in [-0.2, 0) is 11.2 Å². The molecule has 6 heteroatoms. The lowest BCUT2D eigenvalue weighted by Gasteiger charge is -2.22. The van der Waals surface area contributed by atoms with E-state index in [0.29, 0.717) is 13.0 Å². The Morgan fingerprint density at radius 1 is 1.50 bits per heavy atom. The number of halogens is 1. The Morgan fingerprint density at radius 3 is 2.90 bits per heavy atom. The number of carboxylic acid groups (broad SMARTS) is 1. The van der Waals surface area contributed by atoms with Crippen LogP contribution in [-0.4, -0.2) is 34.6 Å². The van der Waals surface area contributed by atoms with E-state index in [1.807, 2.05) is 25.1 Å². The molecule has 0 bridgehead atoms. The second-order valence-electron chi connectivity index (χ2n) is 4.77. The fourth-order valence-corrected chi connectivity index (χ4v) is 2.84. The highest BCUT2D eigenvalue weighted by Crippen LogP contribution is 2.24. The molecule has 0 saturated carbocycles. The second kappa shape index (κ2) is 6.26. The maximum atomic E-state index is 12.2. The van der Waals surface area contributed by atoms with Crippen molar-refractivity contribution in [3.63, 3.8) is 0 Å². The minimum atomic E-state index is -0.941. The van der Waals surface area contributed by atoms with Crippen molar-refractivity contribution in [2.24, 2.45) is 0 Å². The number of amides is 2. The minimum absolute atomic E-state index is 0.341. The number of aryl methyl sites for hydroxylation is 1. The van der Waals surface area contributed by atoms with Gasteiger partial charge in [-0.25, -0.2) is 9.59 Å². The van der Waals surface area contributed by atoms with Crippen LogP contribution < -0.4 is 5.32 Å². The average Bonchev–Trinajstić information content (AvgIpc) is 2.90. The van der Waals surface area contributed by atoms with Crippen molar-refractivity contribution in [1.29, 1.82) is 0 Å². The number of nitrogens with zero attached hydrogens (tertiary/aromatic N) is 1. The summed E-state index contributed by atoms with van der Waals surface area (Å²) in [7, 11) is 0. The molecule has 2 rings (SSSR count). The molecule has 0 aromatic heterocycles. The summed E-state index contributed by atoms with van der Waals surface area (Å²) in [6.07, 6.45) is 2.03. The maximum Gasteiger partial charge on any atom is 0.326 e. The summed E-state index contributed by atoms with van der Waals surface area (Å²) in [6.45, 7) is 2.49. The summed E-state index contributed by atoms with van der Waals surface area (Å²) in [5.41, 5.74) is 1.75. The lowest BCUT2D eigenvalue weighted by Crippen LogP contribution is -2.42. The number of anilines is 1.